The Labute approximate surface area is 156 Å². The Morgan fingerprint density at radius 1 is 1.07 bits per heavy atom. The van der Waals surface area contributed by atoms with Crippen LogP contribution in [0.2, 0.25) is 0 Å². The van der Waals surface area contributed by atoms with Crippen LogP contribution in [0.4, 0.5) is 0 Å². The number of nitrogens with one attached hydrogen (secondary N) is 1. The number of hydrogen-bond acceptors (Lipinski definition) is 5. The average Bonchev–Trinajstić information content (AvgIpc) is 3.11. The van der Waals surface area contributed by atoms with E-state index in [0.29, 0.717) is 18.8 Å². The summed E-state index contributed by atoms with van der Waals surface area (Å²) < 4.78 is 5.43. The van der Waals surface area contributed by atoms with Gasteiger partial charge in [-0.2, -0.15) is 0 Å². The molecule has 0 saturated carbocycles. The SMILES string of the molecule is Cc1ccc2[nH]c(CN(C)Cc3cc(-c4ccccn4)no3)cc(=O)c2c1. The topological polar surface area (TPSA) is 75.0 Å². The molecule has 0 bridgehead atoms. The number of aromatic nitrogens is 3. The summed E-state index contributed by atoms with van der Waals surface area (Å²) in [5, 5.41) is 4.81. The highest BCUT2D eigenvalue weighted by molar-refractivity contribution is 5.79. The standard InChI is InChI=1S/C21H20N4O2/c1-14-6-7-18-17(9-14)21(26)10-15(23-18)12-25(2)13-16-11-20(24-27-16)19-5-3-4-8-22-19/h3-11H,12-13H2,1-2H3,(H,23,26). The Bertz CT molecular complexity index is 1130. The fourth-order valence-electron chi connectivity index (χ4n) is 3.14. The highest BCUT2D eigenvalue weighted by atomic mass is 16.5. The van der Waals surface area contributed by atoms with E-state index in [9.17, 15) is 4.79 Å². The molecule has 0 fully saturated rings. The number of aromatic amines is 1. The van der Waals surface area contributed by atoms with E-state index in [2.05, 4.69) is 20.0 Å². The van der Waals surface area contributed by atoms with Gasteiger partial charge in [0, 0.05) is 41.5 Å². The number of hydrogen-bond donors (Lipinski definition) is 1. The lowest BCUT2D eigenvalue weighted by molar-refractivity contribution is 0.265. The van der Waals surface area contributed by atoms with Crippen molar-refractivity contribution in [1.29, 1.82) is 0 Å². The van der Waals surface area contributed by atoms with Gasteiger partial charge >= 0.3 is 0 Å². The Morgan fingerprint density at radius 2 is 1.96 bits per heavy atom. The van der Waals surface area contributed by atoms with Gasteiger partial charge in [-0.25, -0.2) is 0 Å². The Balaban J connectivity index is 1.49. The Kier molecular flexibility index (Phi) is 4.56. The van der Waals surface area contributed by atoms with Gasteiger partial charge in [-0.3, -0.25) is 14.7 Å². The summed E-state index contributed by atoms with van der Waals surface area (Å²) >= 11 is 0. The molecule has 0 unspecified atom stereocenters. The molecular weight excluding hydrogens is 340 g/mol. The first-order chi connectivity index (χ1) is 13.1. The van der Waals surface area contributed by atoms with E-state index in [1.165, 1.54) is 0 Å². The lowest BCUT2D eigenvalue weighted by atomic mass is 10.1. The van der Waals surface area contributed by atoms with Crippen molar-refractivity contribution >= 4 is 10.9 Å². The number of H-pyrrole nitrogens is 1. The second kappa shape index (κ2) is 7.17. The number of aryl methyl sites for hydroxylation is 1. The molecule has 0 radical (unpaired) electrons. The summed E-state index contributed by atoms with van der Waals surface area (Å²) in [6, 6.07) is 15.1. The summed E-state index contributed by atoms with van der Waals surface area (Å²) in [5.41, 5.74) is 4.33. The molecule has 0 atom stereocenters. The third-order valence-corrected chi connectivity index (χ3v) is 4.39. The van der Waals surface area contributed by atoms with Crippen molar-refractivity contribution in [3.63, 3.8) is 0 Å². The molecule has 1 aromatic carbocycles. The molecule has 27 heavy (non-hydrogen) atoms. The summed E-state index contributed by atoms with van der Waals surface area (Å²) in [7, 11) is 1.97. The molecule has 6 nitrogen and oxygen atoms in total. The minimum atomic E-state index is 0.0351. The highest BCUT2D eigenvalue weighted by Gasteiger charge is 2.11. The zero-order chi connectivity index (χ0) is 18.8. The average molecular weight is 360 g/mol. The van der Waals surface area contributed by atoms with Gasteiger partial charge in [-0.15, -0.1) is 0 Å². The maximum atomic E-state index is 12.4. The number of rotatable bonds is 5. The minimum absolute atomic E-state index is 0.0351. The number of benzene rings is 1. The van der Waals surface area contributed by atoms with Gasteiger partial charge < -0.3 is 9.51 Å². The third-order valence-electron chi connectivity index (χ3n) is 4.39. The molecule has 0 saturated heterocycles. The van der Waals surface area contributed by atoms with Crippen molar-refractivity contribution in [2.45, 2.75) is 20.0 Å². The van der Waals surface area contributed by atoms with Gasteiger partial charge in [0.15, 0.2) is 11.2 Å². The molecule has 0 spiro atoms. The normalized spacial score (nSPS) is 11.4. The minimum Gasteiger partial charge on any atom is -0.359 e. The fourth-order valence-corrected chi connectivity index (χ4v) is 3.14. The van der Waals surface area contributed by atoms with Gasteiger partial charge in [0.05, 0.1) is 12.2 Å². The van der Waals surface area contributed by atoms with Crippen LogP contribution in [0.5, 0.6) is 0 Å². The fraction of sp³-hybridized carbons (Fsp3) is 0.190. The van der Waals surface area contributed by atoms with E-state index in [1.807, 2.05) is 56.4 Å². The van der Waals surface area contributed by atoms with E-state index in [4.69, 9.17) is 4.52 Å². The summed E-state index contributed by atoms with van der Waals surface area (Å²) in [5.74, 6) is 0.747. The van der Waals surface area contributed by atoms with Gasteiger partial charge in [0.25, 0.3) is 0 Å². The smallest absolute Gasteiger partial charge is 0.189 e. The van der Waals surface area contributed by atoms with Crippen molar-refractivity contribution in [2.75, 3.05) is 7.05 Å². The lowest BCUT2D eigenvalue weighted by Crippen LogP contribution is -2.19. The molecule has 3 aromatic heterocycles. The van der Waals surface area contributed by atoms with E-state index < -0.39 is 0 Å². The maximum absolute atomic E-state index is 12.4. The second-order valence-corrected chi connectivity index (χ2v) is 6.77. The number of fused-ring (bicyclic) bond motifs is 1. The molecule has 1 N–H and O–H groups in total. The predicted octanol–water partition coefficient (Wildman–Crippen LogP) is 3.52. The van der Waals surface area contributed by atoms with Crippen LogP contribution in [0.3, 0.4) is 0 Å². The van der Waals surface area contributed by atoms with Crippen LogP contribution in [0, 0.1) is 6.92 Å². The predicted molar refractivity (Wildman–Crippen MR) is 104 cm³/mol. The number of pyridine rings is 2. The van der Waals surface area contributed by atoms with Crippen molar-refractivity contribution in [3.05, 3.63) is 82.0 Å². The zero-order valence-corrected chi connectivity index (χ0v) is 15.3. The van der Waals surface area contributed by atoms with E-state index in [0.717, 1.165) is 33.6 Å². The largest absolute Gasteiger partial charge is 0.359 e. The first-order valence-corrected chi connectivity index (χ1v) is 8.76. The van der Waals surface area contributed by atoms with Crippen molar-refractivity contribution in [3.8, 4) is 11.4 Å². The molecule has 0 aliphatic carbocycles. The molecule has 136 valence electrons. The lowest BCUT2D eigenvalue weighted by Gasteiger charge is -2.15. The van der Waals surface area contributed by atoms with Gasteiger partial charge in [-0.1, -0.05) is 22.9 Å². The molecule has 0 aliphatic rings. The van der Waals surface area contributed by atoms with Crippen molar-refractivity contribution in [2.24, 2.45) is 0 Å². The van der Waals surface area contributed by atoms with Crippen LogP contribution in [0.15, 0.2) is 64.0 Å². The molecular formula is C21H20N4O2. The van der Waals surface area contributed by atoms with Gasteiger partial charge in [-0.05, 0) is 38.2 Å². The van der Waals surface area contributed by atoms with Crippen molar-refractivity contribution in [1.82, 2.24) is 20.0 Å². The Morgan fingerprint density at radius 3 is 2.78 bits per heavy atom. The van der Waals surface area contributed by atoms with Crippen LogP contribution < -0.4 is 5.43 Å². The van der Waals surface area contributed by atoms with Crippen LogP contribution >= 0.6 is 0 Å². The van der Waals surface area contributed by atoms with Crippen LogP contribution in [-0.4, -0.2) is 27.1 Å². The Hall–Kier alpha value is -3.25. The van der Waals surface area contributed by atoms with Crippen LogP contribution in [0.1, 0.15) is 17.0 Å². The number of nitrogens with zero attached hydrogens (tertiary/aromatic N) is 3. The van der Waals surface area contributed by atoms with E-state index in [-0.39, 0.29) is 5.43 Å². The molecule has 4 rings (SSSR count). The van der Waals surface area contributed by atoms with Gasteiger partial charge in [0.2, 0.25) is 0 Å². The molecule has 0 aliphatic heterocycles. The first kappa shape index (κ1) is 17.2. The summed E-state index contributed by atoms with van der Waals surface area (Å²) in [6.07, 6.45) is 1.73. The van der Waals surface area contributed by atoms with Crippen molar-refractivity contribution < 1.29 is 4.52 Å². The van der Waals surface area contributed by atoms with Gasteiger partial charge in [0.1, 0.15) is 5.69 Å². The monoisotopic (exact) mass is 360 g/mol. The molecule has 0 amide bonds. The molecule has 6 heteroatoms. The molecule has 3 heterocycles. The van der Waals surface area contributed by atoms with Crippen LogP contribution in [0.25, 0.3) is 22.3 Å². The summed E-state index contributed by atoms with van der Waals surface area (Å²) in [6.45, 7) is 3.16. The second-order valence-electron chi connectivity index (χ2n) is 6.77. The zero-order valence-electron chi connectivity index (χ0n) is 15.3. The molecule has 4 aromatic rings. The maximum Gasteiger partial charge on any atom is 0.189 e. The first-order valence-electron chi connectivity index (χ1n) is 8.76. The summed E-state index contributed by atoms with van der Waals surface area (Å²) in [4.78, 5) is 22.1. The quantitative estimate of drug-likeness (QED) is 0.589. The highest BCUT2D eigenvalue weighted by Crippen LogP contribution is 2.18. The van der Waals surface area contributed by atoms with Crippen LogP contribution in [-0.2, 0) is 13.1 Å². The van der Waals surface area contributed by atoms with E-state index >= 15 is 0 Å². The third kappa shape index (κ3) is 3.80. The van der Waals surface area contributed by atoms with E-state index in [1.54, 1.807) is 12.3 Å².